The standard InChI is InChI=1S/C16H23N5/c1-5-8-12-15(17-2)18-11-19-16(12)20-13-9-6-7-10-14(13)21(3)4/h6-7,9-11H,5,8H2,1-4H3,(H2,17,18,19,20). The van der Waals surface area contributed by atoms with E-state index in [1.807, 2.05) is 33.3 Å². The molecule has 0 fully saturated rings. The summed E-state index contributed by atoms with van der Waals surface area (Å²) in [5, 5.41) is 6.59. The minimum Gasteiger partial charge on any atom is -0.376 e. The molecule has 0 bridgehead atoms. The van der Waals surface area contributed by atoms with Crippen LogP contribution in [-0.4, -0.2) is 31.1 Å². The molecule has 21 heavy (non-hydrogen) atoms. The van der Waals surface area contributed by atoms with Crippen molar-refractivity contribution in [3.05, 3.63) is 36.2 Å². The minimum atomic E-state index is 0.866. The SMILES string of the molecule is CCCc1c(NC)ncnc1Nc1ccccc1N(C)C. The van der Waals surface area contributed by atoms with Crippen molar-refractivity contribution >= 4 is 23.0 Å². The first-order valence-corrected chi connectivity index (χ1v) is 7.22. The summed E-state index contributed by atoms with van der Waals surface area (Å²) in [7, 11) is 5.96. The maximum Gasteiger partial charge on any atom is 0.139 e. The summed E-state index contributed by atoms with van der Waals surface area (Å²) < 4.78 is 0. The molecule has 0 amide bonds. The highest BCUT2D eigenvalue weighted by atomic mass is 15.1. The van der Waals surface area contributed by atoms with E-state index in [1.54, 1.807) is 6.33 Å². The number of rotatable bonds is 6. The molecule has 0 aliphatic carbocycles. The van der Waals surface area contributed by atoms with E-state index in [-0.39, 0.29) is 0 Å². The number of nitrogens with one attached hydrogen (secondary N) is 2. The second-order valence-corrected chi connectivity index (χ2v) is 5.09. The first-order valence-electron chi connectivity index (χ1n) is 7.22. The van der Waals surface area contributed by atoms with Crippen LogP contribution < -0.4 is 15.5 Å². The highest BCUT2D eigenvalue weighted by molar-refractivity contribution is 5.75. The van der Waals surface area contributed by atoms with E-state index in [0.717, 1.165) is 41.4 Å². The van der Waals surface area contributed by atoms with Gasteiger partial charge in [0.25, 0.3) is 0 Å². The van der Waals surface area contributed by atoms with Crippen molar-refractivity contribution in [2.75, 3.05) is 36.7 Å². The fraction of sp³-hybridized carbons (Fsp3) is 0.375. The Bertz CT molecular complexity index is 595. The molecule has 0 atom stereocenters. The van der Waals surface area contributed by atoms with Crippen LogP contribution in [0.4, 0.5) is 23.0 Å². The van der Waals surface area contributed by atoms with Gasteiger partial charge in [-0.15, -0.1) is 0 Å². The Balaban J connectivity index is 2.40. The Labute approximate surface area is 126 Å². The number of para-hydroxylation sites is 2. The molecular formula is C16H23N5. The number of nitrogens with zero attached hydrogens (tertiary/aromatic N) is 3. The summed E-state index contributed by atoms with van der Waals surface area (Å²) in [6, 6.07) is 8.20. The van der Waals surface area contributed by atoms with Crippen LogP contribution in [0.15, 0.2) is 30.6 Å². The van der Waals surface area contributed by atoms with Crippen molar-refractivity contribution in [2.45, 2.75) is 19.8 Å². The fourth-order valence-corrected chi connectivity index (χ4v) is 2.32. The molecule has 0 saturated carbocycles. The van der Waals surface area contributed by atoms with Crippen molar-refractivity contribution in [3.8, 4) is 0 Å². The van der Waals surface area contributed by atoms with Gasteiger partial charge in [-0.2, -0.15) is 0 Å². The quantitative estimate of drug-likeness (QED) is 0.853. The largest absolute Gasteiger partial charge is 0.376 e. The first kappa shape index (κ1) is 15.1. The van der Waals surface area contributed by atoms with E-state index >= 15 is 0 Å². The van der Waals surface area contributed by atoms with Crippen LogP contribution in [0.3, 0.4) is 0 Å². The lowest BCUT2D eigenvalue weighted by Crippen LogP contribution is -2.12. The molecule has 2 N–H and O–H groups in total. The number of benzene rings is 1. The Morgan fingerprint density at radius 2 is 1.81 bits per heavy atom. The number of anilines is 4. The number of hydrogen-bond acceptors (Lipinski definition) is 5. The van der Waals surface area contributed by atoms with Crippen LogP contribution >= 0.6 is 0 Å². The van der Waals surface area contributed by atoms with Gasteiger partial charge in [0.15, 0.2) is 0 Å². The van der Waals surface area contributed by atoms with Gasteiger partial charge < -0.3 is 15.5 Å². The van der Waals surface area contributed by atoms with Crippen LogP contribution in [-0.2, 0) is 6.42 Å². The van der Waals surface area contributed by atoms with Crippen molar-refractivity contribution in [2.24, 2.45) is 0 Å². The molecule has 2 aromatic rings. The zero-order valence-electron chi connectivity index (χ0n) is 13.1. The van der Waals surface area contributed by atoms with Gasteiger partial charge >= 0.3 is 0 Å². The lowest BCUT2D eigenvalue weighted by molar-refractivity contribution is 0.905. The summed E-state index contributed by atoms with van der Waals surface area (Å²) in [4.78, 5) is 10.8. The van der Waals surface area contributed by atoms with Gasteiger partial charge in [0, 0.05) is 26.7 Å². The van der Waals surface area contributed by atoms with E-state index in [2.05, 4.69) is 44.6 Å². The van der Waals surface area contributed by atoms with Gasteiger partial charge in [-0.3, -0.25) is 0 Å². The lowest BCUT2D eigenvalue weighted by atomic mass is 10.1. The van der Waals surface area contributed by atoms with Crippen molar-refractivity contribution < 1.29 is 0 Å². The first-order chi connectivity index (χ1) is 10.2. The van der Waals surface area contributed by atoms with E-state index in [1.165, 1.54) is 0 Å². The summed E-state index contributed by atoms with van der Waals surface area (Å²) in [6.07, 6.45) is 3.57. The van der Waals surface area contributed by atoms with Gasteiger partial charge in [0.1, 0.15) is 18.0 Å². The Hall–Kier alpha value is -2.30. The molecule has 0 spiro atoms. The van der Waals surface area contributed by atoms with Crippen molar-refractivity contribution in [1.82, 2.24) is 9.97 Å². The molecule has 112 valence electrons. The molecular weight excluding hydrogens is 262 g/mol. The highest BCUT2D eigenvalue weighted by Gasteiger charge is 2.12. The smallest absolute Gasteiger partial charge is 0.139 e. The maximum atomic E-state index is 4.42. The summed E-state index contributed by atoms with van der Waals surface area (Å²) in [5.41, 5.74) is 3.29. The van der Waals surface area contributed by atoms with E-state index < -0.39 is 0 Å². The van der Waals surface area contributed by atoms with Gasteiger partial charge in [-0.1, -0.05) is 25.5 Å². The van der Waals surface area contributed by atoms with Gasteiger partial charge in [-0.25, -0.2) is 9.97 Å². The highest BCUT2D eigenvalue weighted by Crippen LogP contribution is 2.29. The van der Waals surface area contributed by atoms with Crippen molar-refractivity contribution in [3.63, 3.8) is 0 Å². The maximum absolute atomic E-state index is 4.42. The van der Waals surface area contributed by atoms with Gasteiger partial charge in [-0.05, 0) is 18.6 Å². The van der Waals surface area contributed by atoms with Crippen LogP contribution in [0.25, 0.3) is 0 Å². The average Bonchev–Trinajstić information content (AvgIpc) is 2.49. The van der Waals surface area contributed by atoms with Crippen LogP contribution in [0.2, 0.25) is 0 Å². The third-order valence-corrected chi connectivity index (χ3v) is 3.32. The minimum absolute atomic E-state index is 0.866. The van der Waals surface area contributed by atoms with Crippen LogP contribution in [0, 0.1) is 0 Å². The molecule has 0 saturated heterocycles. The third kappa shape index (κ3) is 3.42. The molecule has 5 heteroatoms. The van der Waals surface area contributed by atoms with E-state index in [9.17, 15) is 0 Å². The normalized spacial score (nSPS) is 10.3. The molecule has 0 aliphatic heterocycles. The number of hydrogen-bond donors (Lipinski definition) is 2. The lowest BCUT2D eigenvalue weighted by Gasteiger charge is -2.19. The molecule has 1 heterocycles. The Morgan fingerprint density at radius 3 is 2.48 bits per heavy atom. The molecule has 0 aliphatic rings. The Kier molecular flexibility index (Phi) is 4.98. The van der Waals surface area contributed by atoms with Gasteiger partial charge in [0.2, 0.25) is 0 Å². The second-order valence-electron chi connectivity index (χ2n) is 5.09. The summed E-state index contributed by atoms with van der Waals surface area (Å²) in [6.45, 7) is 2.16. The molecule has 0 unspecified atom stereocenters. The molecule has 1 aromatic heterocycles. The molecule has 0 radical (unpaired) electrons. The monoisotopic (exact) mass is 285 g/mol. The van der Waals surface area contributed by atoms with Crippen LogP contribution in [0.1, 0.15) is 18.9 Å². The third-order valence-electron chi connectivity index (χ3n) is 3.32. The zero-order chi connectivity index (χ0) is 15.2. The van der Waals surface area contributed by atoms with Crippen molar-refractivity contribution in [1.29, 1.82) is 0 Å². The van der Waals surface area contributed by atoms with E-state index in [0.29, 0.717) is 0 Å². The van der Waals surface area contributed by atoms with Gasteiger partial charge in [0.05, 0.1) is 11.4 Å². The molecule has 5 nitrogen and oxygen atoms in total. The topological polar surface area (TPSA) is 53.1 Å². The van der Waals surface area contributed by atoms with E-state index in [4.69, 9.17) is 0 Å². The predicted molar refractivity (Wildman–Crippen MR) is 89.6 cm³/mol. The zero-order valence-corrected chi connectivity index (χ0v) is 13.1. The fourth-order valence-electron chi connectivity index (χ4n) is 2.32. The average molecular weight is 285 g/mol. The summed E-state index contributed by atoms with van der Waals surface area (Å²) in [5.74, 6) is 1.75. The Morgan fingerprint density at radius 1 is 1.10 bits per heavy atom. The predicted octanol–water partition coefficient (Wildman–Crippen LogP) is 3.28. The summed E-state index contributed by atoms with van der Waals surface area (Å²) >= 11 is 0. The molecule has 2 rings (SSSR count). The molecule has 1 aromatic carbocycles. The van der Waals surface area contributed by atoms with Crippen LogP contribution in [0.5, 0.6) is 0 Å². The number of aromatic nitrogens is 2. The second kappa shape index (κ2) is 6.92.